The molecular weight excluding hydrogens is 911 g/mol. The summed E-state index contributed by atoms with van der Waals surface area (Å²) >= 11 is 0. The molecule has 3 aromatic heterocycles. The van der Waals surface area contributed by atoms with Crippen molar-refractivity contribution in [1.82, 2.24) is 44.9 Å². The van der Waals surface area contributed by atoms with E-state index >= 15 is 0 Å². The van der Waals surface area contributed by atoms with Crippen LogP contribution in [-0.2, 0) is 19.1 Å². The third-order valence-electron chi connectivity index (χ3n) is 14.4. The number of imidazole rings is 2. The Hall–Kier alpha value is -7.54. The molecule has 3 fully saturated rings. The molecule has 6 aromatic rings. The maximum Gasteiger partial charge on any atom is 0.407 e. The topological polar surface area (TPSA) is 227 Å². The highest BCUT2D eigenvalue weighted by molar-refractivity contribution is 5.93. The van der Waals surface area contributed by atoms with Gasteiger partial charge in [0.25, 0.3) is 0 Å². The molecule has 19 heteroatoms. The quantitative estimate of drug-likeness (QED) is 0.0747. The summed E-state index contributed by atoms with van der Waals surface area (Å²) in [7, 11) is 4.53. The molecule has 4 aliphatic heterocycles. The van der Waals surface area contributed by atoms with Gasteiger partial charge in [0.1, 0.15) is 41.0 Å². The Morgan fingerprint density at radius 2 is 1.38 bits per heavy atom. The lowest BCUT2D eigenvalue weighted by atomic mass is 9.90. The minimum Gasteiger partial charge on any atom is -0.497 e. The number of nitrogens with zero attached hydrogens (tertiary/aromatic N) is 5. The van der Waals surface area contributed by atoms with Gasteiger partial charge in [-0.1, -0.05) is 26.0 Å². The van der Waals surface area contributed by atoms with Crippen LogP contribution < -0.4 is 24.8 Å². The predicted octanol–water partition coefficient (Wildman–Crippen LogP) is 7.82. The van der Waals surface area contributed by atoms with Gasteiger partial charge in [-0.25, -0.2) is 19.6 Å². The maximum absolute atomic E-state index is 14.2. The Balaban J connectivity index is 0.964. The lowest BCUT2D eigenvalue weighted by Crippen LogP contribution is -2.53. The summed E-state index contributed by atoms with van der Waals surface area (Å²) in [6.07, 6.45) is 5.39. The van der Waals surface area contributed by atoms with Crippen LogP contribution in [0.15, 0.2) is 73.1 Å². The van der Waals surface area contributed by atoms with Crippen LogP contribution in [0.25, 0.3) is 44.7 Å². The van der Waals surface area contributed by atoms with E-state index in [0.29, 0.717) is 74.5 Å². The van der Waals surface area contributed by atoms with E-state index in [2.05, 4.69) is 43.4 Å². The van der Waals surface area contributed by atoms with Crippen molar-refractivity contribution >= 4 is 34.9 Å². The molecule has 5 atom stereocenters. The molecule has 0 saturated carbocycles. The molecule has 4 aliphatic rings. The number of hydrogen-bond acceptors (Lipinski definition) is 11. The number of hydrogen-bond donors (Lipinski definition) is 5. The fourth-order valence-electron chi connectivity index (χ4n) is 10.8. The summed E-state index contributed by atoms with van der Waals surface area (Å²) in [4.78, 5) is 72.1. The molecule has 3 unspecified atom stereocenters. The summed E-state index contributed by atoms with van der Waals surface area (Å²) in [6.45, 7) is 5.77. The number of aromatic amines is 2. The molecule has 5 N–H and O–H groups in total. The van der Waals surface area contributed by atoms with E-state index in [9.17, 15) is 24.3 Å². The minimum atomic E-state index is -1.24. The van der Waals surface area contributed by atoms with E-state index in [1.807, 2.05) is 67.4 Å². The lowest BCUT2D eigenvalue weighted by Gasteiger charge is -2.34. The molecule has 3 saturated heterocycles. The van der Waals surface area contributed by atoms with Crippen molar-refractivity contribution < 1.29 is 48.0 Å². The molecule has 19 nitrogen and oxygen atoms in total. The molecule has 0 spiro atoms. The van der Waals surface area contributed by atoms with Crippen LogP contribution in [0.5, 0.6) is 17.2 Å². The third-order valence-corrected chi connectivity index (χ3v) is 14.4. The largest absolute Gasteiger partial charge is 0.497 e. The number of rotatable bonds is 13. The molecule has 71 heavy (non-hydrogen) atoms. The Morgan fingerprint density at radius 1 is 0.761 bits per heavy atom. The standard InChI is InChI=1S/C52H59N9O10/c1-28(2)44(57-51(64)65)48(62)59-16-6-8-40(59)46-54-27-38(56-46)31-10-12-36-42-23-32-20-30(11-13-39(32)61(42)50(71-43(36)24-31)33-21-34(67-3)25-35(22-33)68-4)37-26-53-47(55-37)41-9-7-17-60(41)49(63)45(58-52(66)69-5)29-14-18-70-19-15-29/h10-13,20-29,40-41,44-45,50,57H,6-9,14-19H2,1-5H3,(H,53,55)(H,54,56)(H,58,66)(H,64,65)/t40?,41-,44-,45?,50?/m0/s1. The van der Waals surface area contributed by atoms with Gasteiger partial charge in [-0.3, -0.25) is 9.59 Å². The van der Waals surface area contributed by atoms with E-state index in [0.717, 1.165) is 69.5 Å². The first-order valence-corrected chi connectivity index (χ1v) is 24.2. The molecular formula is C52H59N9O10. The van der Waals surface area contributed by atoms with E-state index in [-0.39, 0.29) is 35.7 Å². The first kappa shape index (κ1) is 47.2. The van der Waals surface area contributed by atoms with Gasteiger partial charge in [0.15, 0.2) is 0 Å². The molecule has 0 bridgehead atoms. The van der Waals surface area contributed by atoms with Crippen molar-refractivity contribution in [3.63, 3.8) is 0 Å². The number of nitrogens with one attached hydrogen (secondary N) is 4. The maximum atomic E-state index is 14.2. The molecule has 0 radical (unpaired) electrons. The zero-order valence-electron chi connectivity index (χ0n) is 40.4. The van der Waals surface area contributed by atoms with E-state index in [1.54, 1.807) is 25.3 Å². The van der Waals surface area contributed by atoms with Crippen molar-refractivity contribution in [1.29, 1.82) is 0 Å². The first-order chi connectivity index (χ1) is 34.4. The van der Waals surface area contributed by atoms with Crippen molar-refractivity contribution in [2.24, 2.45) is 11.8 Å². The highest BCUT2D eigenvalue weighted by Gasteiger charge is 2.41. The number of alkyl carbamates (subject to hydrolysis) is 1. The van der Waals surface area contributed by atoms with Crippen molar-refractivity contribution in [3.8, 4) is 51.0 Å². The fourth-order valence-corrected chi connectivity index (χ4v) is 10.8. The van der Waals surface area contributed by atoms with Gasteiger partial charge in [0.05, 0.1) is 68.4 Å². The van der Waals surface area contributed by atoms with Gasteiger partial charge in [-0.15, -0.1) is 0 Å². The van der Waals surface area contributed by atoms with Crippen molar-refractivity contribution in [2.75, 3.05) is 47.6 Å². The van der Waals surface area contributed by atoms with Gasteiger partial charge >= 0.3 is 12.2 Å². The van der Waals surface area contributed by atoms with E-state index in [4.69, 9.17) is 33.7 Å². The number of H-pyrrole nitrogens is 2. The number of carboxylic acid groups (broad SMARTS) is 1. The van der Waals surface area contributed by atoms with Crippen LogP contribution in [0.2, 0.25) is 0 Å². The van der Waals surface area contributed by atoms with Crippen molar-refractivity contribution in [3.05, 3.63) is 90.3 Å². The highest BCUT2D eigenvalue weighted by atomic mass is 16.5. The number of amides is 4. The van der Waals surface area contributed by atoms with Crippen LogP contribution in [0.1, 0.15) is 87.9 Å². The zero-order chi connectivity index (χ0) is 49.5. The summed E-state index contributed by atoms with van der Waals surface area (Å²) in [5.74, 6) is 2.47. The van der Waals surface area contributed by atoms with E-state index < -0.39 is 30.5 Å². The molecule has 0 aliphatic carbocycles. The average molecular weight is 970 g/mol. The Labute approximate surface area is 410 Å². The van der Waals surface area contributed by atoms with Gasteiger partial charge in [0.2, 0.25) is 18.0 Å². The number of likely N-dealkylation sites (tertiary alicyclic amines) is 2. The van der Waals surface area contributed by atoms with Crippen LogP contribution >= 0.6 is 0 Å². The SMILES string of the molecule is COC(=O)NC(C(=O)N1CCC[C@H]1c1ncc(-c2ccc3c(c2)cc2n3C(c3cc(OC)cc(OC)c3)Oc3cc(-c4cnc(C5CCCN5C(=O)[C@@H](NC(=O)O)C(C)C)[nH]4)ccc3-2)[nH]1)C1CCOCC1. The number of fused-ring (bicyclic) bond motifs is 5. The number of carbonyl (C=O) groups excluding carboxylic acids is 3. The second kappa shape index (κ2) is 19.7. The molecule has 7 heterocycles. The van der Waals surface area contributed by atoms with Crippen LogP contribution in [-0.4, -0.2) is 123 Å². The van der Waals surface area contributed by atoms with Crippen LogP contribution in [0, 0.1) is 11.8 Å². The van der Waals surface area contributed by atoms with E-state index in [1.165, 1.54) is 7.11 Å². The molecule has 3 aromatic carbocycles. The summed E-state index contributed by atoms with van der Waals surface area (Å²) in [5, 5.41) is 15.7. The number of methoxy groups -OCH3 is 3. The third kappa shape index (κ3) is 9.09. The summed E-state index contributed by atoms with van der Waals surface area (Å²) in [6, 6.07) is 18.0. The zero-order valence-corrected chi connectivity index (χ0v) is 40.4. The average Bonchev–Trinajstić information content (AvgIpc) is 4.26. The first-order valence-electron chi connectivity index (χ1n) is 24.2. The van der Waals surface area contributed by atoms with Crippen LogP contribution in [0.4, 0.5) is 9.59 Å². The molecule has 4 amide bonds. The minimum absolute atomic E-state index is 0.0675. The predicted molar refractivity (Wildman–Crippen MR) is 261 cm³/mol. The van der Waals surface area contributed by atoms with Gasteiger partial charge in [-0.2, -0.15) is 0 Å². The summed E-state index contributed by atoms with van der Waals surface area (Å²) < 4.78 is 31.1. The van der Waals surface area contributed by atoms with Gasteiger partial charge in [0, 0.05) is 60.0 Å². The number of ether oxygens (including phenoxy) is 5. The number of aromatic nitrogens is 5. The summed E-state index contributed by atoms with van der Waals surface area (Å²) in [5.41, 5.74) is 6.84. The number of benzene rings is 3. The van der Waals surface area contributed by atoms with Crippen LogP contribution in [0.3, 0.4) is 0 Å². The Morgan fingerprint density at radius 3 is 1.99 bits per heavy atom. The Kier molecular flexibility index (Phi) is 13.1. The second-order valence-corrected chi connectivity index (χ2v) is 19.0. The molecule has 10 rings (SSSR count). The molecule has 372 valence electrons. The van der Waals surface area contributed by atoms with Gasteiger partial charge < -0.3 is 63.8 Å². The van der Waals surface area contributed by atoms with Gasteiger partial charge in [-0.05, 0) is 92.8 Å². The highest BCUT2D eigenvalue weighted by Crippen LogP contribution is 2.47. The lowest BCUT2D eigenvalue weighted by molar-refractivity contribution is -0.137. The van der Waals surface area contributed by atoms with Crippen molar-refractivity contribution in [2.45, 2.75) is 82.8 Å². The second-order valence-electron chi connectivity index (χ2n) is 19.0. The Bertz CT molecular complexity index is 2950. The normalized spacial score (nSPS) is 19.7. The smallest absolute Gasteiger partial charge is 0.407 e. The fraction of sp³-hybridized carbons (Fsp3) is 0.423. The monoisotopic (exact) mass is 969 g/mol. The number of carbonyl (C=O) groups is 4.